The molecule has 21 heavy (non-hydrogen) atoms. The lowest BCUT2D eigenvalue weighted by atomic mass is 10.1. The van der Waals surface area contributed by atoms with Crippen molar-refractivity contribution in [2.24, 2.45) is 0 Å². The predicted molar refractivity (Wildman–Crippen MR) is 77.2 cm³/mol. The molecule has 1 amide bonds. The number of rotatable bonds is 4. The zero-order valence-electron chi connectivity index (χ0n) is 10.8. The van der Waals surface area contributed by atoms with Crippen LogP contribution in [0.15, 0.2) is 48.5 Å². The second-order valence-corrected chi connectivity index (χ2v) is 4.71. The van der Waals surface area contributed by atoms with Gasteiger partial charge in [0.25, 0.3) is 5.91 Å². The van der Waals surface area contributed by atoms with Gasteiger partial charge in [-0.05, 0) is 42.5 Å². The largest absolute Gasteiger partial charge is 0.480 e. The van der Waals surface area contributed by atoms with E-state index in [2.05, 4.69) is 0 Å². The van der Waals surface area contributed by atoms with Gasteiger partial charge in [0, 0.05) is 16.3 Å². The molecular weight excluding hydrogens is 297 g/mol. The molecule has 0 fully saturated rings. The highest BCUT2D eigenvalue weighted by atomic mass is 35.5. The quantitative estimate of drug-likeness (QED) is 0.943. The summed E-state index contributed by atoms with van der Waals surface area (Å²) in [5.74, 6) is -2.18. The fourth-order valence-corrected chi connectivity index (χ4v) is 1.99. The minimum atomic E-state index is -1.16. The van der Waals surface area contributed by atoms with Gasteiger partial charge in [0.15, 0.2) is 0 Å². The average Bonchev–Trinajstić information content (AvgIpc) is 2.44. The van der Waals surface area contributed by atoms with Gasteiger partial charge in [-0.25, -0.2) is 4.39 Å². The van der Waals surface area contributed by atoms with Crippen LogP contribution in [0.3, 0.4) is 0 Å². The highest BCUT2D eigenvalue weighted by Crippen LogP contribution is 2.21. The monoisotopic (exact) mass is 307 g/mol. The van der Waals surface area contributed by atoms with Gasteiger partial charge in [0.2, 0.25) is 0 Å². The molecule has 0 atom stereocenters. The molecule has 2 rings (SSSR count). The van der Waals surface area contributed by atoms with Crippen LogP contribution in [-0.4, -0.2) is 23.5 Å². The lowest BCUT2D eigenvalue weighted by Gasteiger charge is -2.21. The van der Waals surface area contributed by atoms with E-state index in [1.807, 2.05) is 0 Å². The summed E-state index contributed by atoms with van der Waals surface area (Å²) in [5.41, 5.74) is 0.553. The molecule has 0 spiro atoms. The van der Waals surface area contributed by atoms with Gasteiger partial charge in [-0.2, -0.15) is 0 Å². The van der Waals surface area contributed by atoms with E-state index in [-0.39, 0.29) is 5.56 Å². The Kier molecular flexibility index (Phi) is 4.55. The van der Waals surface area contributed by atoms with Crippen molar-refractivity contribution in [2.75, 3.05) is 11.4 Å². The molecule has 0 heterocycles. The lowest BCUT2D eigenvalue weighted by molar-refractivity contribution is -0.135. The highest BCUT2D eigenvalue weighted by Gasteiger charge is 2.20. The van der Waals surface area contributed by atoms with Crippen LogP contribution >= 0.6 is 11.6 Å². The highest BCUT2D eigenvalue weighted by molar-refractivity contribution is 6.31. The maximum Gasteiger partial charge on any atom is 0.323 e. The normalized spacial score (nSPS) is 10.2. The number of hydrogen-bond donors (Lipinski definition) is 1. The maximum absolute atomic E-state index is 12.9. The molecule has 1 N–H and O–H groups in total. The molecule has 2 aromatic rings. The van der Waals surface area contributed by atoms with Crippen LogP contribution in [0.2, 0.25) is 5.02 Å². The third-order valence-electron chi connectivity index (χ3n) is 2.75. The van der Waals surface area contributed by atoms with E-state index in [1.54, 1.807) is 18.2 Å². The number of anilines is 1. The lowest BCUT2D eigenvalue weighted by Crippen LogP contribution is -2.35. The van der Waals surface area contributed by atoms with Crippen LogP contribution in [0.4, 0.5) is 10.1 Å². The number of hydrogen-bond acceptors (Lipinski definition) is 2. The molecule has 0 aliphatic carbocycles. The van der Waals surface area contributed by atoms with Gasteiger partial charge < -0.3 is 5.11 Å². The summed E-state index contributed by atoms with van der Waals surface area (Å²) in [5, 5.41) is 9.35. The molecule has 2 aromatic carbocycles. The van der Waals surface area contributed by atoms with E-state index >= 15 is 0 Å². The van der Waals surface area contributed by atoms with E-state index in [9.17, 15) is 14.0 Å². The molecule has 0 saturated heterocycles. The Morgan fingerprint density at radius 2 is 1.81 bits per heavy atom. The number of carbonyl (C=O) groups excluding carboxylic acids is 1. The Bertz CT molecular complexity index is 673. The van der Waals surface area contributed by atoms with Crippen LogP contribution < -0.4 is 4.90 Å². The summed E-state index contributed by atoms with van der Waals surface area (Å²) < 4.78 is 12.9. The Morgan fingerprint density at radius 1 is 1.14 bits per heavy atom. The summed E-state index contributed by atoms with van der Waals surface area (Å²) in [6, 6.07) is 11.2. The molecule has 0 aliphatic rings. The van der Waals surface area contributed by atoms with E-state index in [4.69, 9.17) is 16.7 Å². The number of benzene rings is 2. The Balaban J connectivity index is 2.38. The molecule has 0 saturated carbocycles. The first-order valence-corrected chi connectivity index (χ1v) is 6.40. The van der Waals surface area contributed by atoms with Gasteiger partial charge >= 0.3 is 5.97 Å². The Labute approximate surface area is 125 Å². The topological polar surface area (TPSA) is 57.6 Å². The van der Waals surface area contributed by atoms with Crippen molar-refractivity contribution in [1.29, 1.82) is 0 Å². The second kappa shape index (κ2) is 6.37. The first-order chi connectivity index (χ1) is 9.97. The van der Waals surface area contributed by atoms with Crippen molar-refractivity contribution < 1.29 is 19.1 Å². The van der Waals surface area contributed by atoms with Gasteiger partial charge in [-0.1, -0.05) is 17.7 Å². The van der Waals surface area contributed by atoms with Crippen LogP contribution in [0.1, 0.15) is 10.4 Å². The number of amides is 1. The number of halogens is 2. The minimum Gasteiger partial charge on any atom is -0.480 e. The number of carbonyl (C=O) groups is 2. The molecule has 0 unspecified atom stereocenters. The van der Waals surface area contributed by atoms with E-state index < -0.39 is 24.2 Å². The molecule has 108 valence electrons. The fourth-order valence-electron chi connectivity index (χ4n) is 1.81. The molecule has 6 heteroatoms. The molecular formula is C15H11ClFNO3. The van der Waals surface area contributed by atoms with Gasteiger partial charge in [0.05, 0.1) is 0 Å². The summed E-state index contributed by atoms with van der Waals surface area (Å²) in [7, 11) is 0. The smallest absolute Gasteiger partial charge is 0.323 e. The van der Waals surface area contributed by atoms with Gasteiger partial charge in [-0.15, -0.1) is 0 Å². The Morgan fingerprint density at radius 3 is 2.38 bits per heavy atom. The number of carboxylic acid groups (broad SMARTS) is 1. The van der Waals surface area contributed by atoms with E-state index in [1.165, 1.54) is 18.2 Å². The second-order valence-electron chi connectivity index (χ2n) is 4.27. The third kappa shape index (κ3) is 3.79. The zero-order chi connectivity index (χ0) is 15.4. The predicted octanol–water partition coefficient (Wildman–Crippen LogP) is 3.21. The molecule has 0 radical (unpaired) electrons. The first-order valence-electron chi connectivity index (χ1n) is 6.02. The van der Waals surface area contributed by atoms with E-state index in [0.717, 1.165) is 17.0 Å². The van der Waals surface area contributed by atoms with Crippen molar-refractivity contribution in [3.05, 3.63) is 64.9 Å². The van der Waals surface area contributed by atoms with Crippen molar-refractivity contribution in [1.82, 2.24) is 0 Å². The third-order valence-corrected chi connectivity index (χ3v) is 2.98. The average molecular weight is 308 g/mol. The van der Waals surface area contributed by atoms with Crippen molar-refractivity contribution in [2.45, 2.75) is 0 Å². The molecule has 0 aromatic heterocycles. The first kappa shape index (κ1) is 15.0. The summed E-state index contributed by atoms with van der Waals surface area (Å²) in [6.45, 7) is -0.517. The molecule has 4 nitrogen and oxygen atoms in total. The number of carboxylic acids is 1. The van der Waals surface area contributed by atoms with Gasteiger partial charge in [0.1, 0.15) is 12.4 Å². The standard InChI is InChI=1S/C15H11ClFNO3/c16-11-2-1-3-13(8-11)18(9-14(19)20)15(21)10-4-6-12(17)7-5-10/h1-8H,9H2,(H,19,20). The van der Waals surface area contributed by atoms with Crippen molar-refractivity contribution >= 4 is 29.2 Å². The number of nitrogens with zero attached hydrogens (tertiary/aromatic N) is 1. The molecule has 0 aliphatic heterocycles. The number of aliphatic carboxylic acids is 1. The van der Waals surface area contributed by atoms with Crippen LogP contribution in [0.25, 0.3) is 0 Å². The fraction of sp³-hybridized carbons (Fsp3) is 0.0667. The Hall–Kier alpha value is -2.40. The summed E-state index contributed by atoms with van der Waals surface area (Å²) in [4.78, 5) is 24.4. The van der Waals surface area contributed by atoms with Crippen molar-refractivity contribution in [3.63, 3.8) is 0 Å². The van der Waals surface area contributed by atoms with Crippen LogP contribution in [-0.2, 0) is 4.79 Å². The van der Waals surface area contributed by atoms with E-state index in [0.29, 0.717) is 10.7 Å². The maximum atomic E-state index is 12.9. The SMILES string of the molecule is O=C(O)CN(C(=O)c1ccc(F)cc1)c1cccc(Cl)c1. The van der Waals surface area contributed by atoms with Crippen LogP contribution in [0, 0.1) is 5.82 Å². The summed E-state index contributed by atoms with van der Waals surface area (Å²) >= 11 is 5.86. The van der Waals surface area contributed by atoms with Crippen LogP contribution in [0.5, 0.6) is 0 Å². The molecule has 0 bridgehead atoms. The minimum absolute atomic E-state index is 0.192. The van der Waals surface area contributed by atoms with Gasteiger partial charge in [-0.3, -0.25) is 14.5 Å². The summed E-state index contributed by atoms with van der Waals surface area (Å²) in [6.07, 6.45) is 0. The zero-order valence-corrected chi connectivity index (χ0v) is 11.5. The van der Waals surface area contributed by atoms with Crippen molar-refractivity contribution in [3.8, 4) is 0 Å².